The van der Waals surface area contributed by atoms with Crippen molar-refractivity contribution in [1.29, 1.82) is 0 Å². The van der Waals surface area contributed by atoms with Gasteiger partial charge in [-0.25, -0.2) is 0 Å². The van der Waals surface area contributed by atoms with Crippen LogP contribution in [0.15, 0.2) is 12.1 Å². The number of aromatic nitrogens is 4. The van der Waals surface area contributed by atoms with Crippen molar-refractivity contribution >= 4 is 17.4 Å². The van der Waals surface area contributed by atoms with Crippen molar-refractivity contribution in [3.8, 4) is 0 Å². The van der Waals surface area contributed by atoms with E-state index in [9.17, 15) is 4.79 Å². The summed E-state index contributed by atoms with van der Waals surface area (Å²) >= 11 is 0. The van der Waals surface area contributed by atoms with E-state index >= 15 is 0 Å². The summed E-state index contributed by atoms with van der Waals surface area (Å²) in [5.41, 5.74) is 0.698. The van der Waals surface area contributed by atoms with E-state index in [1.165, 1.54) is 0 Å². The molecule has 0 spiro atoms. The second kappa shape index (κ2) is 7.57. The molecule has 1 saturated heterocycles. The minimum atomic E-state index is 0.0328. The zero-order chi connectivity index (χ0) is 16.9. The van der Waals surface area contributed by atoms with Gasteiger partial charge in [-0.15, -0.1) is 15.3 Å². The standard InChI is InChI=1S/C16H24N6O2/c1-3-12(2)17-16(23)7-6-14-19-18-13-4-5-15(20-22(13)14)21-8-10-24-11-9-21/h4-5,12H,3,6-11H2,1-2H3,(H,17,23)/t12-/m0/s1. The summed E-state index contributed by atoms with van der Waals surface area (Å²) in [5.74, 6) is 1.63. The Morgan fingerprint density at radius 1 is 1.33 bits per heavy atom. The zero-order valence-corrected chi connectivity index (χ0v) is 14.2. The highest BCUT2D eigenvalue weighted by molar-refractivity contribution is 5.76. The molecule has 0 aliphatic carbocycles. The highest BCUT2D eigenvalue weighted by atomic mass is 16.5. The van der Waals surface area contributed by atoms with Crippen molar-refractivity contribution in [3.63, 3.8) is 0 Å². The Labute approximate surface area is 141 Å². The largest absolute Gasteiger partial charge is 0.378 e. The van der Waals surface area contributed by atoms with E-state index in [-0.39, 0.29) is 11.9 Å². The van der Waals surface area contributed by atoms with Crippen molar-refractivity contribution in [2.45, 2.75) is 39.2 Å². The third-order valence-corrected chi connectivity index (χ3v) is 4.24. The van der Waals surface area contributed by atoms with Crippen LogP contribution in [0.1, 0.15) is 32.5 Å². The van der Waals surface area contributed by atoms with Crippen molar-refractivity contribution in [2.75, 3.05) is 31.2 Å². The Hall–Kier alpha value is -2.22. The maximum atomic E-state index is 11.9. The van der Waals surface area contributed by atoms with E-state index in [2.05, 4.69) is 25.5 Å². The summed E-state index contributed by atoms with van der Waals surface area (Å²) in [6.07, 6.45) is 1.82. The van der Waals surface area contributed by atoms with Crippen LogP contribution in [0.5, 0.6) is 0 Å². The molecule has 0 unspecified atom stereocenters. The fourth-order valence-corrected chi connectivity index (χ4v) is 2.62. The molecule has 24 heavy (non-hydrogen) atoms. The van der Waals surface area contributed by atoms with Gasteiger partial charge in [-0.1, -0.05) is 6.92 Å². The predicted molar refractivity (Wildman–Crippen MR) is 90.0 cm³/mol. The molecule has 3 heterocycles. The predicted octanol–water partition coefficient (Wildman–Crippen LogP) is 0.808. The molecule has 1 amide bonds. The molecular formula is C16H24N6O2. The number of hydrogen-bond acceptors (Lipinski definition) is 6. The number of rotatable bonds is 6. The van der Waals surface area contributed by atoms with Crippen LogP contribution in [0, 0.1) is 0 Å². The van der Waals surface area contributed by atoms with Crippen LogP contribution in [0.3, 0.4) is 0 Å². The average molecular weight is 332 g/mol. The molecule has 0 saturated carbocycles. The number of fused-ring (bicyclic) bond motifs is 1. The molecule has 130 valence electrons. The molecule has 1 aliphatic heterocycles. The molecule has 2 aromatic rings. The van der Waals surface area contributed by atoms with Crippen molar-refractivity contribution in [3.05, 3.63) is 18.0 Å². The first kappa shape index (κ1) is 16.6. The number of nitrogens with one attached hydrogen (secondary N) is 1. The average Bonchev–Trinajstić information content (AvgIpc) is 3.03. The fourth-order valence-electron chi connectivity index (χ4n) is 2.62. The van der Waals surface area contributed by atoms with Crippen LogP contribution in [-0.4, -0.2) is 58.1 Å². The van der Waals surface area contributed by atoms with Crippen molar-refractivity contribution in [1.82, 2.24) is 25.1 Å². The normalized spacial score (nSPS) is 16.3. The Balaban J connectivity index is 1.70. The molecule has 1 aliphatic rings. The molecule has 8 nitrogen and oxygen atoms in total. The molecule has 0 bridgehead atoms. The van der Waals surface area contributed by atoms with Gasteiger partial charge in [0.1, 0.15) is 5.82 Å². The highest BCUT2D eigenvalue weighted by Crippen LogP contribution is 2.14. The van der Waals surface area contributed by atoms with Crippen LogP contribution >= 0.6 is 0 Å². The van der Waals surface area contributed by atoms with Gasteiger partial charge in [0, 0.05) is 32.0 Å². The molecule has 3 rings (SSSR count). The number of carbonyl (C=O) groups excluding carboxylic acids is 1. The van der Waals surface area contributed by atoms with Gasteiger partial charge in [0.15, 0.2) is 11.5 Å². The number of nitrogens with zero attached hydrogens (tertiary/aromatic N) is 5. The number of hydrogen-bond donors (Lipinski definition) is 1. The first-order chi connectivity index (χ1) is 11.7. The number of carbonyl (C=O) groups is 1. The van der Waals surface area contributed by atoms with Gasteiger partial charge >= 0.3 is 0 Å². The lowest BCUT2D eigenvalue weighted by molar-refractivity contribution is -0.121. The Morgan fingerprint density at radius 3 is 2.88 bits per heavy atom. The topological polar surface area (TPSA) is 84.7 Å². The number of aryl methyl sites for hydroxylation is 1. The molecule has 1 fully saturated rings. The van der Waals surface area contributed by atoms with Gasteiger partial charge in [0.25, 0.3) is 0 Å². The van der Waals surface area contributed by atoms with Crippen LogP contribution in [-0.2, 0) is 16.0 Å². The molecule has 8 heteroatoms. The molecular weight excluding hydrogens is 308 g/mol. The summed E-state index contributed by atoms with van der Waals surface area (Å²) in [5, 5.41) is 15.9. The van der Waals surface area contributed by atoms with Crippen molar-refractivity contribution in [2.24, 2.45) is 0 Å². The summed E-state index contributed by atoms with van der Waals surface area (Å²) < 4.78 is 7.12. The van der Waals surface area contributed by atoms with E-state index < -0.39 is 0 Å². The minimum Gasteiger partial charge on any atom is -0.378 e. The second-order valence-corrected chi connectivity index (χ2v) is 6.05. The fraction of sp³-hybridized carbons (Fsp3) is 0.625. The first-order valence-electron chi connectivity index (χ1n) is 8.50. The van der Waals surface area contributed by atoms with E-state index in [1.807, 2.05) is 26.0 Å². The van der Waals surface area contributed by atoms with Crippen LogP contribution < -0.4 is 10.2 Å². The monoisotopic (exact) mass is 332 g/mol. The summed E-state index contributed by atoms with van der Waals surface area (Å²) in [6, 6.07) is 4.06. The summed E-state index contributed by atoms with van der Waals surface area (Å²) in [7, 11) is 0. The lowest BCUT2D eigenvalue weighted by Gasteiger charge is -2.27. The van der Waals surface area contributed by atoms with Gasteiger partial charge in [-0.3, -0.25) is 4.79 Å². The zero-order valence-electron chi connectivity index (χ0n) is 14.2. The Morgan fingerprint density at radius 2 is 2.12 bits per heavy atom. The number of ether oxygens (including phenoxy) is 1. The van der Waals surface area contributed by atoms with Gasteiger partial charge in [0.05, 0.1) is 13.2 Å². The third-order valence-electron chi connectivity index (χ3n) is 4.24. The molecule has 1 atom stereocenters. The maximum absolute atomic E-state index is 11.9. The molecule has 2 aromatic heterocycles. The highest BCUT2D eigenvalue weighted by Gasteiger charge is 2.15. The lowest BCUT2D eigenvalue weighted by atomic mass is 10.2. The number of morpholine rings is 1. The first-order valence-corrected chi connectivity index (χ1v) is 8.50. The second-order valence-electron chi connectivity index (χ2n) is 6.05. The van der Waals surface area contributed by atoms with Crippen LogP contribution in [0.25, 0.3) is 5.65 Å². The summed E-state index contributed by atoms with van der Waals surface area (Å²) in [6.45, 7) is 7.13. The number of anilines is 1. The van der Waals surface area contributed by atoms with Gasteiger partial charge in [-0.2, -0.15) is 4.52 Å². The smallest absolute Gasteiger partial charge is 0.220 e. The van der Waals surface area contributed by atoms with Crippen LogP contribution in [0.4, 0.5) is 5.82 Å². The van der Waals surface area contributed by atoms with E-state index in [0.717, 1.165) is 25.3 Å². The van der Waals surface area contributed by atoms with Crippen molar-refractivity contribution < 1.29 is 9.53 Å². The number of amides is 1. The SMILES string of the molecule is CC[C@H](C)NC(=O)CCc1nnc2ccc(N3CCOCC3)nn12. The van der Waals surface area contributed by atoms with E-state index in [0.29, 0.717) is 37.5 Å². The maximum Gasteiger partial charge on any atom is 0.220 e. The Bertz CT molecular complexity index is 695. The van der Waals surface area contributed by atoms with Gasteiger partial charge < -0.3 is 15.0 Å². The minimum absolute atomic E-state index is 0.0328. The van der Waals surface area contributed by atoms with Crippen LogP contribution in [0.2, 0.25) is 0 Å². The Kier molecular flexibility index (Phi) is 5.24. The third kappa shape index (κ3) is 3.81. The lowest BCUT2D eigenvalue weighted by Crippen LogP contribution is -2.37. The van der Waals surface area contributed by atoms with E-state index in [1.54, 1.807) is 4.52 Å². The van der Waals surface area contributed by atoms with Gasteiger partial charge in [-0.05, 0) is 25.5 Å². The quantitative estimate of drug-likeness (QED) is 0.843. The summed E-state index contributed by atoms with van der Waals surface area (Å²) in [4.78, 5) is 14.1. The van der Waals surface area contributed by atoms with Gasteiger partial charge in [0.2, 0.25) is 5.91 Å². The van der Waals surface area contributed by atoms with E-state index in [4.69, 9.17) is 4.74 Å². The molecule has 1 N–H and O–H groups in total. The molecule has 0 radical (unpaired) electrons. The molecule has 0 aromatic carbocycles.